The molecule has 0 N–H and O–H groups in total. The lowest BCUT2D eigenvalue weighted by atomic mass is 10.3. The Morgan fingerprint density at radius 3 is 2.87 bits per heavy atom. The molecule has 1 aromatic heterocycles. The Kier molecular flexibility index (Phi) is 4.89. The number of halogens is 2. The third-order valence-electron chi connectivity index (χ3n) is 1.62. The van der Waals surface area contributed by atoms with E-state index in [0.717, 1.165) is 15.1 Å². The van der Waals surface area contributed by atoms with E-state index in [9.17, 15) is 8.42 Å². The van der Waals surface area contributed by atoms with Crippen molar-refractivity contribution in [3.63, 3.8) is 0 Å². The van der Waals surface area contributed by atoms with Crippen LogP contribution >= 0.6 is 38.4 Å². The third-order valence-corrected chi connectivity index (χ3v) is 5.28. The minimum Gasteiger partial charge on any atom is -0.249 e. The van der Waals surface area contributed by atoms with Crippen molar-refractivity contribution in [1.29, 1.82) is 0 Å². The summed E-state index contributed by atoms with van der Waals surface area (Å²) >= 11 is 4.76. The molecule has 0 atom stereocenters. The Hall–Kier alpha value is 0.220. The largest absolute Gasteiger partial charge is 0.249 e. The summed E-state index contributed by atoms with van der Waals surface area (Å²) in [6.45, 7) is 1.95. The van der Waals surface area contributed by atoms with Gasteiger partial charge in [0.15, 0.2) is 0 Å². The second-order valence-corrected chi connectivity index (χ2v) is 7.61. The Balaban J connectivity index is 2.62. The molecular formula is C8H9BrClNO2S2. The van der Waals surface area contributed by atoms with Crippen LogP contribution in [0, 0.1) is 6.92 Å². The molecule has 0 aliphatic rings. The lowest BCUT2D eigenvalue weighted by molar-refractivity contribution is 0.611. The van der Waals surface area contributed by atoms with Gasteiger partial charge >= 0.3 is 0 Å². The molecule has 0 fully saturated rings. The van der Waals surface area contributed by atoms with Gasteiger partial charge in [0, 0.05) is 22.6 Å². The predicted octanol–water partition coefficient (Wildman–Crippen LogP) is 2.81. The highest BCUT2D eigenvalue weighted by molar-refractivity contribution is 9.10. The van der Waals surface area contributed by atoms with Crippen LogP contribution in [-0.4, -0.2) is 24.9 Å². The van der Waals surface area contributed by atoms with Crippen molar-refractivity contribution in [2.75, 3.05) is 11.5 Å². The fraction of sp³-hybridized carbons (Fsp3) is 0.375. The minimum absolute atomic E-state index is 0.0543. The average molecular weight is 331 g/mol. The molecule has 0 saturated heterocycles. The lowest BCUT2D eigenvalue weighted by Crippen LogP contribution is -2.00. The molecule has 1 heterocycles. The van der Waals surface area contributed by atoms with Gasteiger partial charge in [0.1, 0.15) is 5.03 Å². The Bertz CT molecular complexity index is 450. The first kappa shape index (κ1) is 13.3. The molecule has 15 heavy (non-hydrogen) atoms. The first-order chi connectivity index (χ1) is 6.90. The molecule has 7 heteroatoms. The van der Waals surface area contributed by atoms with Gasteiger partial charge in [0.2, 0.25) is 9.05 Å². The Morgan fingerprint density at radius 2 is 2.27 bits per heavy atom. The highest BCUT2D eigenvalue weighted by atomic mass is 79.9. The van der Waals surface area contributed by atoms with E-state index in [0.29, 0.717) is 5.75 Å². The summed E-state index contributed by atoms with van der Waals surface area (Å²) in [7, 11) is 1.69. The van der Waals surface area contributed by atoms with Crippen molar-refractivity contribution in [1.82, 2.24) is 4.98 Å². The molecule has 3 nitrogen and oxygen atoms in total. The van der Waals surface area contributed by atoms with E-state index < -0.39 is 9.05 Å². The fourth-order valence-corrected chi connectivity index (χ4v) is 3.74. The van der Waals surface area contributed by atoms with Gasteiger partial charge in [0.05, 0.1) is 10.2 Å². The van der Waals surface area contributed by atoms with Crippen LogP contribution in [-0.2, 0) is 9.05 Å². The maximum Gasteiger partial charge on any atom is 0.233 e. The number of aromatic nitrogens is 1. The number of hydrogen-bond acceptors (Lipinski definition) is 4. The zero-order chi connectivity index (χ0) is 11.5. The number of pyridine rings is 1. The van der Waals surface area contributed by atoms with Gasteiger partial charge < -0.3 is 0 Å². The topological polar surface area (TPSA) is 47.0 Å². The maximum atomic E-state index is 10.7. The molecule has 1 aromatic rings. The number of nitrogens with zero attached hydrogens (tertiary/aromatic N) is 1. The SMILES string of the molecule is Cc1ccnc(SCCS(=O)(=O)Cl)c1Br. The van der Waals surface area contributed by atoms with Crippen molar-refractivity contribution in [3.8, 4) is 0 Å². The molecule has 0 aliphatic carbocycles. The van der Waals surface area contributed by atoms with Crippen LogP contribution in [0.4, 0.5) is 0 Å². The van der Waals surface area contributed by atoms with Crippen molar-refractivity contribution >= 4 is 47.4 Å². The third kappa shape index (κ3) is 4.72. The molecule has 0 radical (unpaired) electrons. The van der Waals surface area contributed by atoms with Crippen LogP contribution in [0.5, 0.6) is 0 Å². The lowest BCUT2D eigenvalue weighted by Gasteiger charge is -2.04. The number of hydrogen-bond donors (Lipinski definition) is 0. The van der Waals surface area contributed by atoms with Crippen molar-refractivity contribution in [3.05, 3.63) is 22.3 Å². The number of aryl methyl sites for hydroxylation is 1. The van der Waals surface area contributed by atoms with E-state index in [1.54, 1.807) is 6.20 Å². The quantitative estimate of drug-likeness (QED) is 0.629. The summed E-state index contributed by atoms with van der Waals surface area (Å²) in [5.41, 5.74) is 1.07. The summed E-state index contributed by atoms with van der Waals surface area (Å²) in [4.78, 5) is 4.14. The first-order valence-corrected chi connectivity index (χ1v) is 8.32. The number of rotatable bonds is 4. The van der Waals surface area contributed by atoms with Crippen LogP contribution in [0.25, 0.3) is 0 Å². The summed E-state index contributed by atoms with van der Waals surface area (Å²) in [5.74, 6) is 0.349. The molecule has 0 aliphatic heterocycles. The normalized spacial score (nSPS) is 11.7. The monoisotopic (exact) mass is 329 g/mol. The van der Waals surface area contributed by atoms with Gasteiger partial charge in [-0.05, 0) is 34.5 Å². The highest BCUT2D eigenvalue weighted by Crippen LogP contribution is 2.27. The average Bonchev–Trinajstić information content (AvgIpc) is 2.10. The Labute approximate surface area is 106 Å². The summed E-state index contributed by atoms with van der Waals surface area (Å²) in [6, 6.07) is 1.88. The summed E-state index contributed by atoms with van der Waals surface area (Å²) < 4.78 is 22.3. The van der Waals surface area contributed by atoms with E-state index in [1.807, 2.05) is 13.0 Å². The second-order valence-electron chi connectivity index (χ2n) is 2.84. The van der Waals surface area contributed by atoms with Gasteiger partial charge in [-0.2, -0.15) is 0 Å². The molecule has 1 rings (SSSR count). The standard InChI is InChI=1S/C8H9BrClNO2S2/c1-6-2-3-11-8(7(6)9)14-4-5-15(10,12)13/h2-3H,4-5H2,1H3. The van der Waals surface area contributed by atoms with Crippen molar-refractivity contribution in [2.24, 2.45) is 0 Å². The molecule has 0 aromatic carbocycles. The predicted molar refractivity (Wildman–Crippen MR) is 67.0 cm³/mol. The van der Waals surface area contributed by atoms with Crippen molar-refractivity contribution < 1.29 is 8.42 Å². The molecule has 0 spiro atoms. The van der Waals surface area contributed by atoms with Gasteiger partial charge in [0.25, 0.3) is 0 Å². The molecule has 84 valence electrons. The maximum absolute atomic E-state index is 10.7. The van der Waals surface area contributed by atoms with E-state index >= 15 is 0 Å². The summed E-state index contributed by atoms with van der Waals surface area (Å²) in [6.07, 6.45) is 1.69. The zero-order valence-corrected chi connectivity index (χ0v) is 11.9. The van der Waals surface area contributed by atoms with Crippen LogP contribution in [0.3, 0.4) is 0 Å². The van der Waals surface area contributed by atoms with Crippen LogP contribution in [0.2, 0.25) is 0 Å². The van der Waals surface area contributed by atoms with E-state index in [4.69, 9.17) is 10.7 Å². The van der Waals surface area contributed by atoms with Gasteiger partial charge in [-0.25, -0.2) is 13.4 Å². The fourth-order valence-electron chi connectivity index (χ4n) is 0.854. The van der Waals surface area contributed by atoms with E-state index in [2.05, 4.69) is 20.9 Å². The van der Waals surface area contributed by atoms with Gasteiger partial charge in [-0.3, -0.25) is 0 Å². The van der Waals surface area contributed by atoms with Crippen LogP contribution < -0.4 is 0 Å². The molecule has 0 saturated carbocycles. The molecule has 0 bridgehead atoms. The molecule has 0 amide bonds. The van der Waals surface area contributed by atoms with E-state index in [1.165, 1.54) is 11.8 Å². The highest BCUT2D eigenvalue weighted by Gasteiger charge is 2.08. The van der Waals surface area contributed by atoms with Gasteiger partial charge in [-0.1, -0.05) is 0 Å². The van der Waals surface area contributed by atoms with Crippen LogP contribution in [0.1, 0.15) is 5.56 Å². The molecule has 0 unspecified atom stereocenters. The minimum atomic E-state index is -3.41. The first-order valence-electron chi connectivity index (χ1n) is 4.06. The Morgan fingerprint density at radius 1 is 1.60 bits per heavy atom. The van der Waals surface area contributed by atoms with E-state index in [-0.39, 0.29) is 5.75 Å². The van der Waals surface area contributed by atoms with Crippen LogP contribution in [0.15, 0.2) is 21.8 Å². The smallest absolute Gasteiger partial charge is 0.233 e. The van der Waals surface area contributed by atoms with Crippen molar-refractivity contribution in [2.45, 2.75) is 11.9 Å². The molecular weight excluding hydrogens is 322 g/mol. The summed E-state index contributed by atoms with van der Waals surface area (Å²) in [5, 5.41) is 0.787. The number of thioether (sulfide) groups is 1. The second kappa shape index (κ2) is 5.52. The zero-order valence-electron chi connectivity index (χ0n) is 7.91. The van der Waals surface area contributed by atoms with Gasteiger partial charge in [-0.15, -0.1) is 11.8 Å².